The van der Waals surface area contributed by atoms with Crippen molar-refractivity contribution < 1.29 is 0 Å². The van der Waals surface area contributed by atoms with E-state index in [1.807, 2.05) is 22.9 Å². The van der Waals surface area contributed by atoms with Gasteiger partial charge in [-0.3, -0.25) is 10.5 Å². The number of aromatic nitrogens is 2. The van der Waals surface area contributed by atoms with E-state index >= 15 is 0 Å². The van der Waals surface area contributed by atoms with E-state index in [0.29, 0.717) is 5.02 Å². The third-order valence-corrected chi connectivity index (χ3v) is 3.85. The van der Waals surface area contributed by atoms with Crippen molar-refractivity contribution in [2.45, 2.75) is 25.9 Å². The summed E-state index contributed by atoms with van der Waals surface area (Å²) >= 11 is 8.55. The number of halogens is 2. The second-order valence-corrected chi connectivity index (χ2v) is 5.91. The molecule has 0 bridgehead atoms. The van der Waals surface area contributed by atoms with Crippen molar-refractivity contribution in [1.29, 1.82) is 0 Å². The van der Waals surface area contributed by atoms with Crippen LogP contribution in [-0.4, -0.2) is 9.78 Å². The van der Waals surface area contributed by atoms with Gasteiger partial charge in [-0.05, 0) is 46.7 Å². The molecule has 0 radical (unpaired) electrons. The molecule has 0 fully saturated rings. The lowest BCUT2D eigenvalue weighted by atomic mass is 10.0. The fourth-order valence-corrected chi connectivity index (χ4v) is 2.89. The Bertz CT molecular complexity index is 555. The quantitative estimate of drug-likeness (QED) is 0.469. The van der Waals surface area contributed by atoms with Crippen LogP contribution in [0.3, 0.4) is 0 Å². The predicted octanol–water partition coefficient (Wildman–Crippen LogP) is 3.10. The molecule has 1 heterocycles. The molecule has 0 amide bonds. The molecule has 19 heavy (non-hydrogen) atoms. The zero-order valence-electron chi connectivity index (χ0n) is 10.6. The number of hydrogen-bond acceptors (Lipinski definition) is 3. The number of aryl methyl sites for hydroxylation is 1. The SMILES string of the molecule is CCCn1ncc(Cl)c1C(NN)c1cccc(I)c1. The van der Waals surface area contributed by atoms with Crippen molar-refractivity contribution in [3.05, 3.63) is 50.3 Å². The number of hydrogen-bond donors (Lipinski definition) is 2. The molecule has 0 spiro atoms. The second-order valence-electron chi connectivity index (χ2n) is 4.26. The summed E-state index contributed by atoms with van der Waals surface area (Å²) in [7, 11) is 0. The first-order valence-electron chi connectivity index (χ1n) is 6.10. The van der Waals surface area contributed by atoms with Crippen LogP contribution in [0.5, 0.6) is 0 Å². The minimum Gasteiger partial charge on any atom is -0.271 e. The van der Waals surface area contributed by atoms with Crippen LogP contribution < -0.4 is 11.3 Å². The highest BCUT2D eigenvalue weighted by atomic mass is 127. The van der Waals surface area contributed by atoms with Crippen LogP contribution in [0.4, 0.5) is 0 Å². The zero-order valence-corrected chi connectivity index (χ0v) is 13.5. The van der Waals surface area contributed by atoms with Crippen LogP contribution in [0.15, 0.2) is 30.5 Å². The molecule has 2 aromatic rings. The van der Waals surface area contributed by atoms with Gasteiger partial charge >= 0.3 is 0 Å². The molecular formula is C13H16ClIN4. The summed E-state index contributed by atoms with van der Waals surface area (Å²) in [6.07, 6.45) is 2.67. The van der Waals surface area contributed by atoms with Gasteiger partial charge in [-0.25, -0.2) is 5.43 Å². The van der Waals surface area contributed by atoms with E-state index in [0.717, 1.165) is 27.8 Å². The van der Waals surface area contributed by atoms with Gasteiger partial charge in [-0.15, -0.1) is 0 Å². The minimum absolute atomic E-state index is 0.156. The highest BCUT2D eigenvalue weighted by Crippen LogP contribution is 2.28. The van der Waals surface area contributed by atoms with Crippen LogP contribution >= 0.6 is 34.2 Å². The summed E-state index contributed by atoms with van der Waals surface area (Å²) in [4.78, 5) is 0. The Hall–Kier alpha value is -0.630. The van der Waals surface area contributed by atoms with Crippen LogP contribution in [0, 0.1) is 3.57 Å². The van der Waals surface area contributed by atoms with Crippen molar-refractivity contribution in [1.82, 2.24) is 15.2 Å². The summed E-state index contributed by atoms with van der Waals surface area (Å²) in [5, 5.41) is 4.94. The number of nitrogens with two attached hydrogens (primary N) is 1. The summed E-state index contributed by atoms with van der Waals surface area (Å²) in [5.74, 6) is 5.73. The summed E-state index contributed by atoms with van der Waals surface area (Å²) in [6, 6.07) is 8.02. The third kappa shape index (κ3) is 3.28. The van der Waals surface area contributed by atoms with E-state index in [9.17, 15) is 0 Å². The number of hydrazine groups is 1. The first-order valence-corrected chi connectivity index (χ1v) is 7.55. The number of rotatable bonds is 5. The number of benzene rings is 1. The Morgan fingerprint density at radius 1 is 1.53 bits per heavy atom. The number of nitrogens with zero attached hydrogens (tertiary/aromatic N) is 2. The van der Waals surface area contributed by atoms with E-state index in [1.165, 1.54) is 0 Å². The molecule has 1 atom stereocenters. The smallest absolute Gasteiger partial charge is 0.0893 e. The van der Waals surface area contributed by atoms with Crippen LogP contribution in [0.25, 0.3) is 0 Å². The Labute approximate surface area is 131 Å². The van der Waals surface area contributed by atoms with Gasteiger partial charge in [0.15, 0.2) is 0 Å². The highest BCUT2D eigenvalue weighted by Gasteiger charge is 2.21. The summed E-state index contributed by atoms with van der Waals surface area (Å²) in [5.41, 5.74) is 4.83. The van der Waals surface area contributed by atoms with Crippen molar-refractivity contribution >= 4 is 34.2 Å². The standard InChI is InChI=1S/C13H16ClIN4/c1-2-6-19-13(11(14)8-17-19)12(18-16)9-4-3-5-10(15)7-9/h3-5,7-8,12,18H,2,6,16H2,1H3. The maximum absolute atomic E-state index is 6.26. The average Bonchev–Trinajstić information content (AvgIpc) is 2.74. The largest absolute Gasteiger partial charge is 0.271 e. The summed E-state index contributed by atoms with van der Waals surface area (Å²) < 4.78 is 3.07. The van der Waals surface area contributed by atoms with Crippen LogP contribution in [-0.2, 0) is 6.54 Å². The van der Waals surface area contributed by atoms with Crippen molar-refractivity contribution in [3.8, 4) is 0 Å². The molecule has 0 aliphatic heterocycles. The van der Waals surface area contributed by atoms with Crippen molar-refractivity contribution in [2.75, 3.05) is 0 Å². The van der Waals surface area contributed by atoms with Gasteiger partial charge in [-0.1, -0.05) is 30.7 Å². The van der Waals surface area contributed by atoms with Crippen LogP contribution in [0.1, 0.15) is 30.6 Å². The Morgan fingerprint density at radius 3 is 2.95 bits per heavy atom. The van der Waals surface area contributed by atoms with Gasteiger partial charge in [0, 0.05) is 10.1 Å². The van der Waals surface area contributed by atoms with E-state index in [1.54, 1.807) is 6.20 Å². The lowest BCUT2D eigenvalue weighted by Gasteiger charge is -2.19. The molecule has 0 aliphatic rings. The molecular weight excluding hydrogens is 375 g/mol. The zero-order chi connectivity index (χ0) is 13.8. The Balaban J connectivity index is 2.44. The fraction of sp³-hybridized carbons (Fsp3) is 0.308. The van der Waals surface area contributed by atoms with Gasteiger partial charge in [0.05, 0.1) is 23.0 Å². The summed E-state index contributed by atoms with van der Waals surface area (Å²) in [6.45, 7) is 2.93. The van der Waals surface area contributed by atoms with Gasteiger partial charge in [0.2, 0.25) is 0 Å². The van der Waals surface area contributed by atoms with Gasteiger partial charge in [0.1, 0.15) is 0 Å². The van der Waals surface area contributed by atoms with Crippen molar-refractivity contribution in [2.24, 2.45) is 5.84 Å². The Morgan fingerprint density at radius 2 is 2.32 bits per heavy atom. The predicted molar refractivity (Wildman–Crippen MR) is 85.9 cm³/mol. The van der Waals surface area contributed by atoms with Crippen LogP contribution in [0.2, 0.25) is 5.02 Å². The second kappa shape index (κ2) is 6.69. The van der Waals surface area contributed by atoms with Crippen molar-refractivity contribution in [3.63, 3.8) is 0 Å². The molecule has 4 nitrogen and oxygen atoms in total. The van der Waals surface area contributed by atoms with E-state index < -0.39 is 0 Å². The topological polar surface area (TPSA) is 55.9 Å². The van der Waals surface area contributed by atoms with Gasteiger partial charge < -0.3 is 0 Å². The molecule has 102 valence electrons. The molecule has 6 heteroatoms. The molecule has 0 saturated heterocycles. The maximum atomic E-state index is 6.26. The van der Waals surface area contributed by atoms with Gasteiger partial charge in [-0.2, -0.15) is 5.10 Å². The third-order valence-electron chi connectivity index (χ3n) is 2.89. The molecule has 1 aromatic heterocycles. The maximum Gasteiger partial charge on any atom is 0.0893 e. The molecule has 2 rings (SSSR count). The molecule has 3 N–H and O–H groups in total. The molecule has 0 aliphatic carbocycles. The average molecular weight is 391 g/mol. The lowest BCUT2D eigenvalue weighted by molar-refractivity contribution is 0.521. The van der Waals surface area contributed by atoms with E-state index in [4.69, 9.17) is 17.4 Å². The monoisotopic (exact) mass is 390 g/mol. The highest BCUT2D eigenvalue weighted by molar-refractivity contribution is 14.1. The lowest BCUT2D eigenvalue weighted by Crippen LogP contribution is -2.31. The van der Waals surface area contributed by atoms with E-state index in [2.05, 4.69) is 46.1 Å². The first kappa shape index (κ1) is 14.8. The van der Waals surface area contributed by atoms with Gasteiger partial charge in [0.25, 0.3) is 0 Å². The molecule has 0 saturated carbocycles. The molecule has 1 aromatic carbocycles. The Kier molecular flexibility index (Phi) is 5.20. The fourth-order valence-electron chi connectivity index (χ4n) is 2.07. The first-order chi connectivity index (χ1) is 9.17. The normalized spacial score (nSPS) is 12.6. The minimum atomic E-state index is -0.156. The molecule has 1 unspecified atom stereocenters. The number of nitrogens with one attached hydrogen (secondary N) is 1. The van der Waals surface area contributed by atoms with E-state index in [-0.39, 0.29) is 6.04 Å².